The van der Waals surface area contributed by atoms with Gasteiger partial charge in [-0.1, -0.05) is 48.0 Å². The average Bonchev–Trinajstić information content (AvgIpc) is 2.51. The van der Waals surface area contributed by atoms with Crippen molar-refractivity contribution in [1.29, 1.82) is 0 Å². The van der Waals surface area contributed by atoms with Crippen LogP contribution in [0.3, 0.4) is 0 Å². The highest BCUT2D eigenvalue weighted by Crippen LogP contribution is 2.44. The Morgan fingerprint density at radius 3 is 2.43 bits per heavy atom. The van der Waals surface area contributed by atoms with Gasteiger partial charge in [-0.25, -0.2) is 0 Å². The molecule has 1 aromatic rings. The summed E-state index contributed by atoms with van der Waals surface area (Å²) in [5.41, 5.74) is 1.52. The number of carbonyl (C=O) groups is 1. The van der Waals surface area contributed by atoms with Crippen LogP contribution < -0.4 is 0 Å². The van der Waals surface area contributed by atoms with E-state index < -0.39 is 5.41 Å². The van der Waals surface area contributed by atoms with Gasteiger partial charge in [0.05, 0.1) is 5.41 Å². The van der Waals surface area contributed by atoms with Crippen molar-refractivity contribution in [3.8, 4) is 0 Å². The summed E-state index contributed by atoms with van der Waals surface area (Å²) in [6.07, 6.45) is 4.51. The second kappa shape index (κ2) is 6.48. The van der Waals surface area contributed by atoms with Crippen LogP contribution in [0, 0.1) is 5.41 Å². The first-order valence-corrected chi connectivity index (χ1v) is 7.83. The zero-order valence-electron chi connectivity index (χ0n) is 12.9. The summed E-state index contributed by atoms with van der Waals surface area (Å²) >= 11 is 6.20. The van der Waals surface area contributed by atoms with Crippen LogP contribution in [0.15, 0.2) is 47.5 Å². The number of hydrogen-bond acceptors (Lipinski definition) is 1. The minimum absolute atomic E-state index is 0.169. The highest BCUT2D eigenvalue weighted by Gasteiger charge is 2.40. The van der Waals surface area contributed by atoms with Gasteiger partial charge in [0.1, 0.15) is 0 Å². The van der Waals surface area contributed by atoms with Crippen molar-refractivity contribution in [2.75, 3.05) is 13.1 Å². The lowest BCUT2D eigenvalue weighted by Crippen LogP contribution is -2.43. The summed E-state index contributed by atoms with van der Waals surface area (Å²) in [6.45, 7) is 7.51. The number of amides is 1. The SMILES string of the molecule is CCN(CC)C(=O)C1(C)CC=C(Cl)C=C1c1ccccc1. The zero-order valence-corrected chi connectivity index (χ0v) is 13.7. The number of nitrogens with zero attached hydrogens (tertiary/aromatic N) is 1. The average molecular weight is 304 g/mol. The summed E-state index contributed by atoms with van der Waals surface area (Å²) in [7, 11) is 0. The fraction of sp³-hybridized carbons (Fsp3) is 0.389. The maximum atomic E-state index is 13.0. The molecule has 1 aliphatic rings. The number of allylic oxidation sites excluding steroid dienone is 3. The molecule has 1 aromatic carbocycles. The van der Waals surface area contributed by atoms with E-state index in [-0.39, 0.29) is 5.91 Å². The molecule has 1 amide bonds. The molecule has 0 bridgehead atoms. The summed E-state index contributed by atoms with van der Waals surface area (Å²) in [4.78, 5) is 14.9. The maximum absolute atomic E-state index is 13.0. The molecule has 1 aliphatic carbocycles. The van der Waals surface area contributed by atoms with Crippen molar-refractivity contribution in [1.82, 2.24) is 4.90 Å². The van der Waals surface area contributed by atoms with Crippen molar-refractivity contribution < 1.29 is 4.79 Å². The van der Waals surface area contributed by atoms with E-state index in [9.17, 15) is 4.79 Å². The van der Waals surface area contributed by atoms with E-state index in [4.69, 9.17) is 11.6 Å². The van der Waals surface area contributed by atoms with Crippen LogP contribution in [0.4, 0.5) is 0 Å². The van der Waals surface area contributed by atoms with Gasteiger partial charge in [0.25, 0.3) is 0 Å². The molecule has 0 aromatic heterocycles. The van der Waals surface area contributed by atoms with E-state index >= 15 is 0 Å². The molecule has 0 N–H and O–H groups in total. The lowest BCUT2D eigenvalue weighted by molar-refractivity contribution is -0.137. The van der Waals surface area contributed by atoms with Crippen molar-refractivity contribution in [3.63, 3.8) is 0 Å². The summed E-state index contributed by atoms with van der Waals surface area (Å²) < 4.78 is 0. The van der Waals surface area contributed by atoms with E-state index in [1.807, 2.05) is 68.2 Å². The van der Waals surface area contributed by atoms with Gasteiger partial charge in [0.15, 0.2) is 0 Å². The Balaban J connectivity index is 2.47. The first-order chi connectivity index (χ1) is 10.0. The molecule has 2 rings (SSSR count). The third-order valence-corrected chi connectivity index (χ3v) is 4.45. The quantitative estimate of drug-likeness (QED) is 0.803. The molecule has 0 saturated carbocycles. The molecule has 0 fully saturated rings. The molecular formula is C18H22ClNO. The molecule has 1 atom stereocenters. The van der Waals surface area contributed by atoms with Crippen LogP contribution in [-0.2, 0) is 4.79 Å². The van der Waals surface area contributed by atoms with Gasteiger partial charge in [0.2, 0.25) is 5.91 Å². The molecule has 0 spiro atoms. The van der Waals surface area contributed by atoms with E-state index in [0.29, 0.717) is 11.5 Å². The molecule has 0 heterocycles. The van der Waals surface area contributed by atoms with Crippen LogP contribution >= 0.6 is 11.6 Å². The Kier molecular flexibility index (Phi) is 4.89. The van der Waals surface area contributed by atoms with Crippen molar-refractivity contribution in [2.45, 2.75) is 27.2 Å². The Bertz CT molecular complexity index is 572. The van der Waals surface area contributed by atoms with Gasteiger partial charge >= 0.3 is 0 Å². The van der Waals surface area contributed by atoms with E-state index in [2.05, 4.69) is 0 Å². The first-order valence-electron chi connectivity index (χ1n) is 7.45. The maximum Gasteiger partial charge on any atom is 0.233 e. The normalized spacial score (nSPS) is 21.5. The van der Waals surface area contributed by atoms with Crippen LogP contribution in [0.25, 0.3) is 5.57 Å². The fourth-order valence-corrected chi connectivity index (χ4v) is 3.04. The monoisotopic (exact) mass is 303 g/mol. The topological polar surface area (TPSA) is 20.3 Å². The second-order valence-corrected chi connectivity index (χ2v) is 5.96. The van der Waals surface area contributed by atoms with Crippen LogP contribution in [-0.4, -0.2) is 23.9 Å². The predicted molar refractivity (Wildman–Crippen MR) is 89.0 cm³/mol. The van der Waals surface area contributed by atoms with Gasteiger partial charge in [-0.3, -0.25) is 4.79 Å². The van der Waals surface area contributed by atoms with Gasteiger partial charge in [0, 0.05) is 18.1 Å². The van der Waals surface area contributed by atoms with Crippen molar-refractivity contribution in [3.05, 3.63) is 53.1 Å². The van der Waals surface area contributed by atoms with Crippen LogP contribution in [0.5, 0.6) is 0 Å². The van der Waals surface area contributed by atoms with E-state index in [0.717, 1.165) is 24.2 Å². The molecule has 0 radical (unpaired) electrons. The molecule has 112 valence electrons. The Morgan fingerprint density at radius 1 is 1.24 bits per heavy atom. The standard InChI is InChI=1S/C18H22ClNO/c1-4-20(5-2)17(21)18(3)12-11-15(19)13-16(18)14-9-7-6-8-10-14/h6-11,13H,4-5,12H2,1-3H3. The predicted octanol–water partition coefficient (Wildman–Crippen LogP) is 4.47. The summed E-state index contributed by atoms with van der Waals surface area (Å²) in [5.74, 6) is 0.169. The number of benzene rings is 1. The lowest BCUT2D eigenvalue weighted by atomic mass is 9.72. The largest absolute Gasteiger partial charge is 0.342 e. The van der Waals surface area contributed by atoms with Crippen LogP contribution in [0.2, 0.25) is 0 Å². The van der Waals surface area contributed by atoms with Gasteiger partial charge < -0.3 is 4.90 Å². The fourth-order valence-electron chi connectivity index (χ4n) is 2.85. The minimum atomic E-state index is -0.550. The molecular weight excluding hydrogens is 282 g/mol. The van der Waals surface area contributed by atoms with Gasteiger partial charge in [-0.15, -0.1) is 0 Å². The molecule has 0 saturated heterocycles. The molecule has 3 heteroatoms. The molecule has 21 heavy (non-hydrogen) atoms. The van der Waals surface area contributed by atoms with Gasteiger partial charge in [-0.05, 0) is 44.4 Å². The minimum Gasteiger partial charge on any atom is -0.342 e. The smallest absolute Gasteiger partial charge is 0.233 e. The molecule has 1 unspecified atom stereocenters. The number of carbonyl (C=O) groups excluding carboxylic acids is 1. The lowest BCUT2D eigenvalue weighted by Gasteiger charge is -2.37. The Morgan fingerprint density at radius 2 is 1.86 bits per heavy atom. The van der Waals surface area contributed by atoms with Gasteiger partial charge in [-0.2, -0.15) is 0 Å². The first kappa shape index (κ1) is 15.8. The number of halogens is 1. The van der Waals surface area contributed by atoms with Crippen molar-refractivity contribution >= 4 is 23.1 Å². The number of rotatable bonds is 4. The molecule has 0 aliphatic heterocycles. The van der Waals surface area contributed by atoms with E-state index in [1.54, 1.807) is 0 Å². The summed E-state index contributed by atoms with van der Waals surface area (Å²) in [6, 6.07) is 10.0. The zero-order chi connectivity index (χ0) is 15.5. The Labute approximate surface area is 132 Å². The third-order valence-electron chi connectivity index (χ3n) is 4.19. The third kappa shape index (κ3) is 3.06. The van der Waals surface area contributed by atoms with Crippen molar-refractivity contribution in [2.24, 2.45) is 5.41 Å². The Hall–Kier alpha value is -1.54. The molecule has 2 nitrogen and oxygen atoms in total. The summed E-state index contributed by atoms with van der Waals surface area (Å²) in [5, 5.41) is 0.707. The highest BCUT2D eigenvalue weighted by atomic mass is 35.5. The number of hydrogen-bond donors (Lipinski definition) is 0. The van der Waals surface area contributed by atoms with Crippen LogP contribution in [0.1, 0.15) is 32.8 Å². The second-order valence-electron chi connectivity index (χ2n) is 5.53. The van der Waals surface area contributed by atoms with E-state index in [1.165, 1.54) is 0 Å². The highest BCUT2D eigenvalue weighted by molar-refractivity contribution is 6.32.